The molecule has 0 saturated heterocycles. The molecular formula is C10H17N3O2. The molecule has 1 saturated carbocycles. The molecule has 5 heteroatoms. The summed E-state index contributed by atoms with van der Waals surface area (Å²) in [5.41, 5.74) is 5.83. The van der Waals surface area contributed by atoms with Crippen molar-refractivity contribution < 1.29 is 9.26 Å². The molecule has 1 aliphatic rings. The smallest absolute Gasteiger partial charge is 0.257 e. The monoisotopic (exact) mass is 211 g/mol. The topological polar surface area (TPSA) is 74.2 Å². The lowest BCUT2D eigenvalue weighted by Crippen LogP contribution is -2.14. The Morgan fingerprint density at radius 2 is 2.33 bits per heavy atom. The fraction of sp³-hybridized carbons (Fsp3) is 0.800. The molecule has 0 amide bonds. The van der Waals surface area contributed by atoms with E-state index in [2.05, 4.69) is 24.0 Å². The Bertz CT molecular complexity index is 328. The molecule has 0 radical (unpaired) electrons. The average Bonchev–Trinajstić information content (AvgIpc) is 2.65. The van der Waals surface area contributed by atoms with Crippen molar-refractivity contribution in [1.82, 2.24) is 10.1 Å². The minimum absolute atomic E-state index is 0.284. The highest BCUT2D eigenvalue weighted by Crippen LogP contribution is 2.57. The summed E-state index contributed by atoms with van der Waals surface area (Å²) in [6.07, 6.45) is 0.833. The third-order valence-electron chi connectivity index (χ3n) is 3.06. The van der Waals surface area contributed by atoms with E-state index in [1.807, 2.05) is 0 Å². The first kappa shape index (κ1) is 10.6. The fourth-order valence-electron chi connectivity index (χ4n) is 1.73. The Morgan fingerprint density at radius 1 is 1.67 bits per heavy atom. The molecule has 1 heterocycles. The Hall–Kier alpha value is -0.940. The van der Waals surface area contributed by atoms with Gasteiger partial charge in [0, 0.05) is 19.6 Å². The molecule has 2 N–H and O–H groups in total. The van der Waals surface area contributed by atoms with Crippen LogP contribution in [0.25, 0.3) is 0 Å². The van der Waals surface area contributed by atoms with Crippen molar-refractivity contribution in [2.24, 2.45) is 11.1 Å². The van der Waals surface area contributed by atoms with Crippen LogP contribution in [0.15, 0.2) is 4.52 Å². The van der Waals surface area contributed by atoms with Crippen LogP contribution in [0.3, 0.4) is 0 Å². The number of nitrogens with two attached hydrogens (primary N) is 1. The second kappa shape index (κ2) is 3.57. The van der Waals surface area contributed by atoms with Crippen LogP contribution in [0.1, 0.15) is 44.0 Å². The van der Waals surface area contributed by atoms with E-state index in [0.717, 1.165) is 12.2 Å². The highest BCUT2D eigenvalue weighted by atomic mass is 16.5. The third-order valence-corrected chi connectivity index (χ3v) is 3.06. The molecular weight excluding hydrogens is 194 g/mol. The number of rotatable bonds is 4. The quantitative estimate of drug-likeness (QED) is 0.810. The Kier molecular flexibility index (Phi) is 2.52. The molecule has 5 nitrogen and oxygen atoms in total. The zero-order chi connectivity index (χ0) is 11.1. The molecule has 2 atom stereocenters. The Morgan fingerprint density at radius 3 is 2.80 bits per heavy atom. The summed E-state index contributed by atoms with van der Waals surface area (Å²) < 4.78 is 10.3. The SMILES string of the molecule is COC(CN)c1nc(C2CC2(C)C)no1. The second-order valence-corrected chi connectivity index (χ2v) is 4.70. The minimum atomic E-state index is -0.284. The van der Waals surface area contributed by atoms with Crippen molar-refractivity contribution in [3.8, 4) is 0 Å². The lowest BCUT2D eigenvalue weighted by atomic mass is 10.1. The molecule has 2 rings (SSSR count). The van der Waals surface area contributed by atoms with E-state index in [-0.39, 0.29) is 6.10 Å². The van der Waals surface area contributed by atoms with E-state index >= 15 is 0 Å². The second-order valence-electron chi connectivity index (χ2n) is 4.70. The predicted octanol–water partition coefficient (Wildman–Crippen LogP) is 1.23. The predicted molar refractivity (Wildman–Crippen MR) is 54.2 cm³/mol. The van der Waals surface area contributed by atoms with Gasteiger partial charge in [0.25, 0.3) is 5.89 Å². The standard InChI is InChI=1S/C10H17N3O2/c1-10(2)4-6(10)8-12-9(15-13-8)7(5-11)14-3/h6-7H,4-5,11H2,1-3H3. The fourth-order valence-corrected chi connectivity index (χ4v) is 1.73. The van der Waals surface area contributed by atoms with E-state index < -0.39 is 0 Å². The van der Waals surface area contributed by atoms with Gasteiger partial charge in [-0.1, -0.05) is 19.0 Å². The number of nitrogens with zero attached hydrogens (tertiary/aromatic N) is 2. The first-order valence-corrected chi connectivity index (χ1v) is 5.15. The zero-order valence-corrected chi connectivity index (χ0v) is 9.36. The molecule has 84 valence electrons. The molecule has 0 aliphatic heterocycles. The van der Waals surface area contributed by atoms with Gasteiger partial charge in [-0.25, -0.2) is 0 Å². The van der Waals surface area contributed by atoms with Gasteiger partial charge >= 0.3 is 0 Å². The van der Waals surface area contributed by atoms with E-state index in [1.165, 1.54) is 0 Å². The van der Waals surface area contributed by atoms with Crippen LogP contribution < -0.4 is 5.73 Å². The van der Waals surface area contributed by atoms with Gasteiger partial charge in [-0.3, -0.25) is 0 Å². The minimum Gasteiger partial charge on any atom is -0.370 e. The summed E-state index contributed by atoms with van der Waals surface area (Å²) in [7, 11) is 1.59. The van der Waals surface area contributed by atoms with Crippen LogP contribution in [-0.2, 0) is 4.74 Å². The van der Waals surface area contributed by atoms with Crippen molar-refractivity contribution in [1.29, 1.82) is 0 Å². The van der Waals surface area contributed by atoms with Crippen molar-refractivity contribution in [2.45, 2.75) is 32.3 Å². The number of hydrogen-bond donors (Lipinski definition) is 1. The van der Waals surface area contributed by atoms with Crippen LogP contribution >= 0.6 is 0 Å². The number of methoxy groups -OCH3 is 1. The van der Waals surface area contributed by atoms with Gasteiger partial charge in [-0.2, -0.15) is 4.98 Å². The summed E-state index contributed by atoms with van der Waals surface area (Å²) in [4.78, 5) is 4.33. The van der Waals surface area contributed by atoms with Crippen molar-refractivity contribution in [3.05, 3.63) is 11.7 Å². The van der Waals surface area contributed by atoms with Crippen LogP contribution in [0.2, 0.25) is 0 Å². The van der Waals surface area contributed by atoms with Gasteiger partial charge in [0.1, 0.15) is 6.10 Å². The number of hydrogen-bond acceptors (Lipinski definition) is 5. The summed E-state index contributed by atoms with van der Waals surface area (Å²) in [5.74, 6) is 1.69. The van der Waals surface area contributed by atoms with Gasteiger partial charge in [-0.05, 0) is 11.8 Å². The Balaban J connectivity index is 2.11. The summed E-state index contributed by atoms with van der Waals surface area (Å²) in [5, 5.41) is 3.97. The first-order chi connectivity index (χ1) is 7.08. The van der Waals surface area contributed by atoms with E-state index in [9.17, 15) is 0 Å². The highest BCUT2D eigenvalue weighted by molar-refractivity contribution is 5.14. The highest BCUT2D eigenvalue weighted by Gasteiger charge is 2.49. The largest absolute Gasteiger partial charge is 0.370 e. The van der Waals surface area contributed by atoms with Crippen molar-refractivity contribution in [2.75, 3.05) is 13.7 Å². The molecule has 1 aliphatic carbocycles. The zero-order valence-electron chi connectivity index (χ0n) is 9.36. The van der Waals surface area contributed by atoms with E-state index in [0.29, 0.717) is 23.8 Å². The normalized spacial score (nSPS) is 25.2. The third kappa shape index (κ3) is 1.89. The maximum absolute atomic E-state index is 5.52. The van der Waals surface area contributed by atoms with Crippen LogP contribution in [0, 0.1) is 5.41 Å². The molecule has 1 aromatic heterocycles. The first-order valence-electron chi connectivity index (χ1n) is 5.15. The van der Waals surface area contributed by atoms with Crippen LogP contribution in [0.4, 0.5) is 0 Å². The average molecular weight is 211 g/mol. The molecule has 2 unspecified atom stereocenters. The van der Waals surface area contributed by atoms with Crippen LogP contribution in [0.5, 0.6) is 0 Å². The lowest BCUT2D eigenvalue weighted by Gasteiger charge is -2.05. The molecule has 1 aromatic rings. The maximum Gasteiger partial charge on any atom is 0.257 e. The lowest BCUT2D eigenvalue weighted by molar-refractivity contribution is 0.0804. The van der Waals surface area contributed by atoms with Crippen LogP contribution in [-0.4, -0.2) is 23.8 Å². The molecule has 0 spiro atoms. The summed E-state index contributed by atoms with van der Waals surface area (Å²) >= 11 is 0. The van der Waals surface area contributed by atoms with Gasteiger partial charge in [0.05, 0.1) is 0 Å². The molecule has 15 heavy (non-hydrogen) atoms. The molecule has 1 fully saturated rings. The van der Waals surface area contributed by atoms with Crippen molar-refractivity contribution in [3.63, 3.8) is 0 Å². The number of aromatic nitrogens is 2. The summed E-state index contributed by atoms with van der Waals surface area (Å²) in [6, 6.07) is 0. The molecule has 0 aromatic carbocycles. The van der Waals surface area contributed by atoms with Gasteiger partial charge in [0.2, 0.25) is 0 Å². The number of ether oxygens (including phenoxy) is 1. The van der Waals surface area contributed by atoms with E-state index in [1.54, 1.807) is 7.11 Å². The Labute approximate surface area is 89.0 Å². The summed E-state index contributed by atoms with van der Waals surface area (Å²) in [6.45, 7) is 4.75. The molecule has 0 bridgehead atoms. The van der Waals surface area contributed by atoms with Gasteiger partial charge in [0.15, 0.2) is 5.82 Å². The van der Waals surface area contributed by atoms with E-state index in [4.69, 9.17) is 15.0 Å². The van der Waals surface area contributed by atoms with Gasteiger partial charge in [-0.15, -0.1) is 0 Å². The maximum atomic E-state index is 5.52. The van der Waals surface area contributed by atoms with Gasteiger partial charge < -0.3 is 15.0 Å². The van der Waals surface area contributed by atoms with Crippen molar-refractivity contribution >= 4 is 0 Å².